The van der Waals surface area contributed by atoms with Gasteiger partial charge in [-0.05, 0) is 47.9 Å². The average Bonchev–Trinajstić information content (AvgIpc) is 3.03. The first-order valence-corrected chi connectivity index (χ1v) is 18.3. The van der Waals surface area contributed by atoms with E-state index in [1.807, 2.05) is 66.7 Å². The molecule has 9 nitrogen and oxygen atoms in total. The lowest BCUT2D eigenvalue weighted by atomic mass is 10.0. The quantitative estimate of drug-likeness (QED) is 0.123. The van der Waals surface area contributed by atoms with Crippen LogP contribution in [0.3, 0.4) is 0 Å². The molecule has 1 aromatic heterocycles. The summed E-state index contributed by atoms with van der Waals surface area (Å²) in [6.07, 6.45) is 1.86. The van der Waals surface area contributed by atoms with E-state index in [1.54, 1.807) is 6.33 Å². The van der Waals surface area contributed by atoms with Crippen molar-refractivity contribution in [3.63, 3.8) is 0 Å². The van der Waals surface area contributed by atoms with Gasteiger partial charge in [0.25, 0.3) is 0 Å². The number of nitrogens with zero attached hydrogens (tertiary/aromatic N) is 5. The Morgan fingerprint density at radius 3 is 2.33 bits per heavy atom. The number of aromatic nitrogens is 2. The second kappa shape index (κ2) is 14.7. The smallest absolute Gasteiger partial charge is 0.187 e. The van der Waals surface area contributed by atoms with Gasteiger partial charge in [-0.25, -0.2) is 20.4 Å². The first-order chi connectivity index (χ1) is 20.9. The molecular formula is C33H39N7O2Si. The number of hydrogen-bond donors (Lipinski definition) is 2. The molecule has 0 spiro atoms. The highest BCUT2D eigenvalue weighted by Gasteiger charge is 2.23. The summed E-state index contributed by atoms with van der Waals surface area (Å²) in [4.78, 5) is 13.9. The number of ether oxygens (including phenoxy) is 2. The number of anilines is 1. The number of aliphatic imine (C=N–C) groups is 1. The number of hydrogen-bond acceptors (Lipinski definition) is 9. The fraction of sp³-hybridized carbons (Fsp3) is 0.303. The van der Waals surface area contributed by atoms with E-state index in [0.29, 0.717) is 31.3 Å². The van der Waals surface area contributed by atoms with Gasteiger partial charge >= 0.3 is 0 Å². The maximum atomic E-state index is 5.95. The first kappa shape index (κ1) is 30.1. The number of rotatable bonds is 14. The van der Waals surface area contributed by atoms with Crippen molar-refractivity contribution in [3.05, 3.63) is 108 Å². The zero-order chi connectivity index (χ0) is 29.9. The predicted octanol–water partition coefficient (Wildman–Crippen LogP) is 6.80. The van der Waals surface area contributed by atoms with Gasteiger partial charge < -0.3 is 14.8 Å². The Morgan fingerprint density at radius 2 is 1.60 bits per heavy atom. The van der Waals surface area contributed by atoms with Gasteiger partial charge in [0.2, 0.25) is 0 Å². The van der Waals surface area contributed by atoms with Gasteiger partial charge in [0, 0.05) is 26.3 Å². The van der Waals surface area contributed by atoms with Gasteiger partial charge in [-0.1, -0.05) is 85.5 Å². The first-order valence-electron chi connectivity index (χ1n) is 14.6. The van der Waals surface area contributed by atoms with Crippen LogP contribution in [0.15, 0.2) is 113 Å². The van der Waals surface area contributed by atoms with Gasteiger partial charge in [-0.3, -0.25) is 0 Å². The number of amidine groups is 1. The van der Waals surface area contributed by atoms with Crippen LogP contribution in [-0.4, -0.2) is 49.3 Å². The van der Waals surface area contributed by atoms with Crippen molar-refractivity contribution in [1.82, 2.24) is 15.4 Å². The monoisotopic (exact) mass is 593 g/mol. The second-order valence-corrected chi connectivity index (χ2v) is 17.3. The molecule has 3 aromatic carbocycles. The molecule has 4 aromatic rings. The molecule has 0 aliphatic carbocycles. The highest BCUT2D eigenvalue weighted by Crippen LogP contribution is 2.23. The molecule has 10 heteroatoms. The molecule has 222 valence electrons. The summed E-state index contributed by atoms with van der Waals surface area (Å²) in [5, 5.41) is 12.0. The van der Waals surface area contributed by atoms with Gasteiger partial charge in [-0.15, -0.1) is 5.11 Å². The Kier molecular flexibility index (Phi) is 10.2. The van der Waals surface area contributed by atoms with Crippen LogP contribution < -0.4 is 15.5 Å². The van der Waals surface area contributed by atoms with E-state index in [-0.39, 0.29) is 12.2 Å². The van der Waals surface area contributed by atoms with Crippen molar-refractivity contribution >= 4 is 19.7 Å². The van der Waals surface area contributed by atoms with E-state index < -0.39 is 8.07 Å². The van der Waals surface area contributed by atoms with Crippen LogP contribution in [-0.2, 0) is 17.8 Å². The van der Waals surface area contributed by atoms with Gasteiger partial charge in [0.15, 0.2) is 6.17 Å². The lowest BCUT2D eigenvalue weighted by molar-refractivity contribution is 0.131. The lowest BCUT2D eigenvalue weighted by Gasteiger charge is -2.24. The highest BCUT2D eigenvalue weighted by atomic mass is 28.3. The van der Waals surface area contributed by atoms with E-state index >= 15 is 0 Å². The van der Waals surface area contributed by atoms with Gasteiger partial charge in [-0.2, -0.15) is 0 Å². The minimum Gasteiger partial charge on any atom is -0.489 e. The Hall–Kier alpha value is -4.41. The van der Waals surface area contributed by atoms with E-state index in [2.05, 4.69) is 75.0 Å². The normalized spacial score (nSPS) is 15.3. The van der Waals surface area contributed by atoms with Crippen molar-refractivity contribution in [1.29, 1.82) is 0 Å². The molecule has 5 rings (SSSR count). The Bertz CT molecular complexity index is 1490. The summed E-state index contributed by atoms with van der Waals surface area (Å²) in [7, 11) is -1.17. The summed E-state index contributed by atoms with van der Waals surface area (Å²) in [6.45, 7) is 8.66. The standard InChI is InChI=1S/C33H39N7O2Si/c1-43(2,3)19-18-41-23-32-37-33(39-40-38-32)30(20-25-10-6-4-7-11-25)36-31-21-29(34-24-35-31)27-14-16-28(17-15-27)42-22-26-12-8-5-9-13-26/h4-17,21,24,30,32H,18-20,22-23H2,1-3H3,(H,34,35,36)(H,37,38,39). The van der Waals surface area contributed by atoms with Crippen molar-refractivity contribution in [3.8, 4) is 17.0 Å². The molecule has 2 heterocycles. The largest absolute Gasteiger partial charge is 0.489 e. The number of nitrogens with one attached hydrogen (secondary N) is 2. The second-order valence-electron chi connectivity index (χ2n) is 11.7. The van der Waals surface area contributed by atoms with Crippen molar-refractivity contribution in [2.75, 3.05) is 18.5 Å². The Labute approximate surface area is 254 Å². The summed E-state index contributed by atoms with van der Waals surface area (Å²) >= 11 is 0. The minimum atomic E-state index is -1.17. The predicted molar refractivity (Wildman–Crippen MR) is 174 cm³/mol. The summed E-state index contributed by atoms with van der Waals surface area (Å²) in [6, 6.07) is 31.2. The molecule has 2 N–H and O–H groups in total. The molecule has 0 radical (unpaired) electrons. The van der Waals surface area contributed by atoms with Crippen LogP contribution in [0.5, 0.6) is 5.75 Å². The third kappa shape index (κ3) is 9.55. The molecular weight excluding hydrogens is 554 g/mol. The zero-order valence-corrected chi connectivity index (χ0v) is 26.0. The average molecular weight is 594 g/mol. The summed E-state index contributed by atoms with van der Waals surface area (Å²) in [5.41, 5.74) is 7.08. The molecule has 2 unspecified atom stereocenters. The zero-order valence-electron chi connectivity index (χ0n) is 25.0. The summed E-state index contributed by atoms with van der Waals surface area (Å²) in [5.74, 6) is 2.18. The van der Waals surface area contributed by atoms with Crippen LogP contribution in [0.2, 0.25) is 25.7 Å². The molecule has 0 saturated heterocycles. The van der Waals surface area contributed by atoms with Crippen LogP contribution in [0.4, 0.5) is 5.82 Å². The van der Waals surface area contributed by atoms with Crippen molar-refractivity contribution in [2.45, 2.75) is 50.9 Å². The maximum Gasteiger partial charge on any atom is 0.187 e. The lowest BCUT2D eigenvalue weighted by Crippen LogP contribution is -2.42. The van der Waals surface area contributed by atoms with E-state index in [1.165, 1.54) is 0 Å². The fourth-order valence-corrected chi connectivity index (χ4v) is 5.23. The fourth-order valence-electron chi connectivity index (χ4n) is 4.47. The van der Waals surface area contributed by atoms with Crippen molar-refractivity contribution < 1.29 is 9.47 Å². The Morgan fingerprint density at radius 1 is 0.884 bits per heavy atom. The molecule has 0 saturated carbocycles. The number of benzene rings is 3. The molecule has 1 aliphatic rings. The molecule has 2 atom stereocenters. The van der Waals surface area contributed by atoms with Crippen LogP contribution in [0, 0.1) is 0 Å². The van der Waals surface area contributed by atoms with Crippen LogP contribution in [0.1, 0.15) is 11.1 Å². The van der Waals surface area contributed by atoms with Crippen molar-refractivity contribution in [2.24, 2.45) is 15.3 Å². The van der Waals surface area contributed by atoms with Crippen LogP contribution >= 0.6 is 0 Å². The van der Waals surface area contributed by atoms with Crippen LogP contribution in [0.25, 0.3) is 11.3 Å². The molecule has 43 heavy (non-hydrogen) atoms. The topological polar surface area (TPSA) is 105 Å². The minimum absolute atomic E-state index is 0.220. The Balaban J connectivity index is 1.27. The third-order valence-electron chi connectivity index (χ3n) is 6.91. The van der Waals surface area contributed by atoms with E-state index in [9.17, 15) is 0 Å². The molecule has 0 amide bonds. The summed E-state index contributed by atoms with van der Waals surface area (Å²) < 4.78 is 11.9. The van der Waals surface area contributed by atoms with E-state index in [0.717, 1.165) is 40.8 Å². The molecule has 1 aliphatic heterocycles. The highest BCUT2D eigenvalue weighted by molar-refractivity contribution is 6.76. The maximum absolute atomic E-state index is 5.95. The van der Waals surface area contributed by atoms with Gasteiger partial charge in [0.1, 0.15) is 30.3 Å². The molecule has 0 bridgehead atoms. The van der Waals surface area contributed by atoms with Gasteiger partial charge in [0.05, 0.1) is 18.3 Å². The third-order valence-corrected chi connectivity index (χ3v) is 8.61. The SMILES string of the molecule is C[Si](C)(C)CCOCC1N=NNC(C(Cc2ccccc2)Nc2cc(-c3ccc(OCc4ccccc4)cc3)ncn2)=N1. The molecule has 0 fully saturated rings. The van der Waals surface area contributed by atoms with E-state index in [4.69, 9.17) is 14.5 Å².